The number of nitrogens with zero attached hydrogens (tertiary/aromatic N) is 3. The van der Waals surface area contributed by atoms with Gasteiger partial charge in [0.2, 0.25) is 0 Å². The number of imidazole rings is 1. The molecule has 0 aromatic carbocycles. The molecular weight excluding hydrogens is 254 g/mol. The predicted octanol–water partition coefficient (Wildman–Crippen LogP) is 2.82. The Morgan fingerprint density at radius 2 is 2.20 bits per heavy atom. The molecule has 0 N–H and O–H groups in total. The maximum absolute atomic E-state index is 11.6. The Kier molecular flexibility index (Phi) is 3.10. The number of aryl methyl sites for hydroxylation is 1. The van der Waals surface area contributed by atoms with Gasteiger partial charge in [0, 0.05) is 18.8 Å². The summed E-state index contributed by atoms with van der Waals surface area (Å²) in [5, 5.41) is 0. The Balaban J connectivity index is 2.17. The summed E-state index contributed by atoms with van der Waals surface area (Å²) in [4.78, 5) is 20.6. The van der Waals surface area contributed by atoms with Gasteiger partial charge in [0.05, 0.1) is 24.1 Å². The highest BCUT2D eigenvalue weighted by Crippen LogP contribution is 2.23. The Morgan fingerprint density at radius 1 is 1.35 bits per heavy atom. The molecule has 3 aromatic heterocycles. The van der Waals surface area contributed by atoms with Gasteiger partial charge in [-0.3, -0.25) is 4.79 Å². The maximum atomic E-state index is 11.6. The quantitative estimate of drug-likeness (QED) is 0.730. The molecule has 3 rings (SSSR count). The highest BCUT2D eigenvalue weighted by atomic mass is 16.3. The fraction of sp³-hybridized carbons (Fsp3) is 0.267. The summed E-state index contributed by atoms with van der Waals surface area (Å²) >= 11 is 0. The molecule has 3 heterocycles. The molecule has 3 aromatic rings. The van der Waals surface area contributed by atoms with Crippen molar-refractivity contribution in [3.63, 3.8) is 0 Å². The average molecular weight is 269 g/mol. The molecule has 5 nitrogen and oxygen atoms in total. The van der Waals surface area contributed by atoms with Crippen LogP contribution in [0.1, 0.15) is 24.7 Å². The van der Waals surface area contributed by atoms with Crippen LogP contribution in [0.25, 0.3) is 17.1 Å². The van der Waals surface area contributed by atoms with E-state index in [1.165, 1.54) is 0 Å². The molecule has 0 amide bonds. The lowest BCUT2D eigenvalue weighted by molar-refractivity contribution is -0.118. The second-order valence-corrected chi connectivity index (χ2v) is 4.74. The summed E-state index contributed by atoms with van der Waals surface area (Å²) in [5.41, 5.74) is 3.04. The molecule has 0 spiro atoms. The van der Waals surface area contributed by atoms with Gasteiger partial charge in [0.15, 0.2) is 11.4 Å². The summed E-state index contributed by atoms with van der Waals surface area (Å²) < 4.78 is 7.32. The normalized spacial score (nSPS) is 11.1. The fourth-order valence-corrected chi connectivity index (χ4v) is 2.16. The topological polar surface area (TPSA) is 60.4 Å². The van der Waals surface area contributed by atoms with Gasteiger partial charge in [0.25, 0.3) is 0 Å². The summed E-state index contributed by atoms with van der Waals surface area (Å²) in [6, 6.07) is 3.66. The summed E-state index contributed by atoms with van der Waals surface area (Å²) in [6.07, 6.45) is 6.22. The Labute approximate surface area is 116 Å². The third-order valence-electron chi connectivity index (χ3n) is 3.14. The zero-order valence-corrected chi connectivity index (χ0v) is 11.5. The van der Waals surface area contributed by atoms with E-state index in [-0.39, 0.29) is 5.78 Å². The van der Waals surface area contributed by atoms with Crippen LogP contribution >= 0.6 is 0 Å². The minimum Gasteiger partial charge on any atom is -0.463 e. The first-order valence-corrected chi connectivity index (χ1v) is 6.58. The van der Waals surface area contributed by atoms with Crippen LogP contribution in [0, 0.1) is 6.92 Å². The third-order valence-corrected chi connectivity index (χ3v) is 3.14. The van der Waals surface area contributed by atoms with Crippen molar-refractivity contribution in [2.45, 2.75) is 26.7 Å². The predicted molar refractivity (Wildman–Crippen MR) is 74.4 cm³/mol. The van der Waals surface area contributed by atoms with Gasteiger partial charge in [0.1, 0.15) is 11.5 Å². The van der Waals surface area contributed by atoms with E-state index in [9.17, 15) is 4.79 Å². The number of furan rings is 1. The molecule has 0 aliphatic rings. The Bertz CT molecular complexity index is 757. The van der Waals surface area contributed by atoms with Crippen molar-refractivity contribution in [2.24, 2.45) is 0 Å². The minimum absolute atomic E-state index is 0.166. The van der Waals surface area contributed by atoms with Crippen LogP contribution in [-0.4, -0.2) is 20.2 Å². The summed E-state index contributed by atoms with van der Waals surface area (Å²) in [5.74, 6) is 0.825. The lowest BCUT2D eigenvalue weighted by Gasteiger charge is -2.05. The van der Waals surface area contributed by atoms with Crippen molar-refractivity contribution < 1.29 is 9.21 Å². The van der Waals surface area contributed by atoms with E-state index in [0.717, 1.165) is 17.0 Å². The molecule has 0 aliphatic carbocycles. The van der Waals surface area contributed by atoms with Crippen molar-refractivity contribution in [3.8, 4) is 11.5 Å². The van der Waals surface area contributed by atoms with E-state index >= 15 is 0 Å². The lowest BCUT2D eigenvalue weighted by Crippen LogP contribution is -2.05. The van der Waals surface area contributed by atoms with Gasteiger partial charge in [-0.25, -0.2) is 9.97 Å². The number of carbonyl (C=O) groups excluding carboxylic acids is 1. The Hall–Kier alpha value is -2.43. The van der Waals surface area contributed by atoms with E-state index in [1.807, 2.05) is 42.8 Å². The monoisotopic (exact) mass is 269 g/mol. The molecule has 0 aliphatic heterocycles. The number of Topliss-reactive ketones (excluding diaryl/α,β-unsaturated/α-hetero) is 1. The molecule has 0 saturated carbocycles. The molecule has 0 atom stereocenters. The number of fused-ring (bicyclic) bond motifs is 1. The van der Waals surface area contributed by atoms with E-state index in [1.54, 1.807) is 6.26 Å². The van der Waals surface area contributed by atoms with Crippen molar-refractivity contribution >= 4 is 11.4 Å². The molecule has 20 heavy (non-hydrogen) atoms. The standard InChI is InChI=1S/C15H15N3O2/c1-3-12(19)7-11-9-18-8-10(2)16-15(18)14(17-11)13-5-4-6-20-13/h4-6,8-9H,3,7H2,1-2H3. The molecule has 0 bridgehead atoms. The number of hydrogen-bond acceptors (Lipinski definition) is 4. The van der Waals surface area contributed by atoms with Crippen LogP contribution in [-0.2, 0) is 11.2 Å². The van der Waals surface area contributed by atoms with Gasteiger partial charge in [-0.15, -0.1) is 0 Å². The molecule has 5 heteroatoms. The minimum atomic E-state index is 0.166. The largest absolute Gasteiger partial charge is 0.463 e. The smallest absolute Gasteiger partial charge is 0.167 e. The molecule has 0 radical (unpaired) electrons. The molecule has 0 saturated heterocycles. The average Bonchev–Trinajstić information content (AvgIpc) is 3.05. The van der Waals surface area contributed by atoms with Crippen molar-refractivity contribution in [1.29, 1.82) is 0 Å². The number of hydrogen-bond donors (Lipinski definition) is 0. The van der Waals surface area contributed by atoms with Crippen LogP contribution in [0.15, 0.2) is 35.2 Å². The van der Waals surface area contributed by atoms with Crippen LogP contribution < -0.4 is 0 Å². The molecular formula is C15H15N3O2. The fourth-order valence-electron chi connectivity index (χ4n) is 2.16. The summed E-state index contributed by atoms with van der Waals surface area (Å²) in [7, 11) is 0. The van der Waals surface area contributed by atoms with Gasteiger partial charge in [-0.05, 0) is 19.1 Å². The van der Waals surface area contributed by atoms with E-state index in [2.05, 4.69) is 9.97 Å². The molecule has 0 fully saturated rings. The van der Waals surface area contributed by atoms with Gasteiger partial charge >= 0.3 is 0 Å². The van der Waals surface area contributed by atoms with Crippen LogP contribution in [0.5, 0.6) is 0 Å². The van der Waals surface area contributed by atoms with E-state index < -0.39 is 0 Å². The van der Waals surface area contributed by atoms with Crippen LogP contribution in [0.4, 0.5) is 0 Å². The number of ketones is 1. The van der Waals surface area contributed by atoms with Crippen molar-refractivity contribution in [1.82, 2.24) is 14.4 Å². The van der Waals surface area contributed by atoms with E-state index in [0.29, 0.717) is 24.3 Å². The molecule has 102 valence electrons. The van der Waals surface area contributed by atoms with E-state index in [4.69, 9.17) is 4.42 Å². The van der Waals surface area contributed by atoms with Crippen LogP contribution in [0.3, 0.4) is 0 Å². The number of rotatable bonds is 4. The first-order valence-electron chi connectivity index (χ1n) is 6.58. The highest BCUT2D eigenvalue weighted by molar-refractivity contribution is 5.80. The van der Waals surface area contributed by atoms with Gasteiger partial charge < -0.3 is 8.82 Å². The SMILES string of the molecule is CCC(=O)Cc1cn2cc(C)nc2c(-c2ccco2)n1. The zero-order valence-electron chi connectivity index (χ0n) is 11.5. The first-order chi connectivity index (χ1) is 9.67. The third kappa shape index (κ3) is 2.22. The second-order valence-electron chi connectivity index (χ2n) is 4.74. The maximum Gasteiger partial charge on any atom is 0.167 e. The zero-order chi connectivity index (χ0) is 14.1. The van der Waals surface area contributed by atoms with Gasteiger partial charge in [-0.2, -0.15) is 0 Å². The highest BCUT2D eigenvalue weighted by Gasteiger charge is 2.14. The summed E-state index contributed by atoms with van der Waals surface area (Å²) in [6.45, 7) is 3.78. The lowest BCUT2D eigenvalue weighted by atomic mass is 10.2. The number of carbonyl (C=O) groups is 1. The van der Waals surface area contributed by atoms with Crippen LogP contribution in [0.2, 0.25) is 0 Å². The van der Waals surface area contributed by atoms with Gasteiger partial charge in [-0.1, -0.05) is 6.92 Å². The Morgan fingerprint density at radius 3 is 2.90 bits per heavy atom. The van der Waals surface area contributed by atoms with Crippen molar-refractivity contribution in [3.05, 3.63) is 42.2 Å². The number of aromatic nitrogens is 3. The molecule has 0 unspecified atom stereocenters. The second kappa shape index (κ2) is 4.92. The first kappa shape index (κ1) is 12.6. The van der Waals surface area contributed by atoms with Crippen molar-refractivity contribution in [2.75, 3.05) is 0 Å².